The minimum absolute atomic E-state index is 0.331. The van der Waals surface area contributed by atoms with Gasteiger partial charge in [-0.15, -0.1) is 0 Å². The van der Waals surface area contributed by atoms with Crippen molar-refractivity contribution in [3.05, 3.63) is 0 Å². The van der Waals surface area contributed by atoms with Gasteiger partial charge in [-0.1, -0.05) is 6.92 Å². The molecular formula is C11H20N2O. The Labute approximate surface area is 85.7 Å². The molecule has 0 aromatic rings. The van der Waals surface area contributed by atoms with Crippen LogP contribution in [0.15, 0.2) is 4.99 Å². The highest BCUT2D eigenvalue weighted by atomic mass is 16.5. The van der Waals surface area contributed by atoms with Crippen LogP contribution in [0.4, 0.5) is 0 Å². The van der Waals surface area contributed by atoms with E-state index >= 15 is 0 Å². The second-order valence-electron chi connectivity index (χ2n) is 4.94. The van der Waals surface area contributed by atoms with Gasteiger partial charge in [0.2, 0.25) is 0 Å². The Kier molecular flexibility index (Phi) is 2.77. The summed E-state index contributed by atoms with van der Waals surface area (Å²) < 4.78 is 5.35. The average Bonchev–Trinajstić information content (AvgIpc) is 2.99. The maximum absolute atomic E-state index is 5.87. The molecule has 0 bridgehead atoms. The van der Waals surface area contributed by atoms with Crippen LogP contribution in [-0.2, 0) is 4.74 Å². The van der Waals surface area contributed by atoms with Gasteiger partial charge in [-0.25, -0.2) is 0 Å². The van der Waals surface area contributed by atoms with Gasteiger partial charge in [0.25, 0.3) is 0 Å². The van der Waals surface area contributed by atoms with E-state index in [9.17, 15) is 0 Å². The summed E-state index contributed by atoms with van der Waals surface area (Å²) in [6.07, 6.45) is 4.73. The number of ether oxygens (including phenoxy) is 1. The highest BCUT2D eigenvalue weighted by molar-refractivity contribution is 5.84. The average molecular weight is 196 g/mol. The molecule has 0 aromatic carbocycles. The summed E-state index contributed by atoms with van der Waals surface area (Å²) >= 11 is 0. The summed E-state index contributed by atoms with van der Waals surface area (Å²) in [7, 11) is 0. The fourth-order valence-electron chi connectivity index (χ4n) is 1.81. The van der Waals surface area contributed by atoms with Crippen LogP contribution in [0.1, 0.15) is 32.6 Å². The molecule has 1 aliphatic carbocycles. The Hall–Kier alpha value is -0.570. The van der Waals surface area contributed by atoms with Crippen molar-refractivity contribution in [3.8, 4) is 0 Å². The second-order valence-corrected chi connectivity index (χ2v) is 4.94. The van der Waals surface area contributed by atoms with Gasteiger partial charge in [0.15, 0.2) is 0 Å². The Balaban J connectivity index is 1.85. The van der Waals surface area contributed by atoms with Crippen molar-refractivity contribution in [1.29, 1.82) is 0 Å². The molecule has 2 aliphatic rings. The Morgan fingerprint density at radius 2 is 2.07 bits per heavy atom. The lowest BCUT2D eigenvalue weighted by Crippen LogP contribution is -2.30. The molecule has 1 saturated carbocycles. The molecule has 0 amide bonds. The molecule has 0 radical (unpaired) electrons. The predicted octanol–water partition coefficient (Wildman–Crippen LogP) is 1.57. The maximum atomic E-state index is 5.87. The van der Waals surface area contributed by atoms with Gasteiger partial charge < -0.3 is 10.5 Å². The minimum atomic E-state index is 0.331. The van der Waals surface area contributed by atoms with Crippen LogP contribution in [0.3, 0.4) is 0 Å². The lowest BCUT2D eigenvalue weighted by molar-refractivity contribution is 0.0283. The summed E-state index contributed by atoms with van der Waals surface area (Å²) in [5.41, 5.74) is 6.20. The van der Waals surface area contributed by atoms with Gasteiger partial charge in [0.05, 0.1) is 5.84 Å². The number of rotatable bonds is 3. The minimum Gasteiger partial charge on any atom is -0.387 e. The fourth-order valence-corrected chi connectivity index (χ4v) is 1.81. The van der Waals surface area contributed by atoms with Crippen LogP contribution in [0.25, 0.3) is 0 Å². The van der Waals surface area contributed by atoms with Gasteiger partial charge in [-0.3, -0.25) is 4.99 Å². The van der Waals surface area contributed by atoms with Crippen LogP contribution < -0.4 is 5.73 Å². The van der Waals surface area contributed by atoms with Crippen molar-refractivity contribution >= 4 is 5.84 Å². The monoisotopic (exact) mass is 196 g/mol. The largest absolute Gasteiger partial charge is 0.387 e. The first-order valence-electron chi connectivity index (χ1n) is 5.57. The van der Waals surface area contributed by atoms with Crippen LogP contribution in [0.5, 0.6) is 0 Å². The van der Waals surface area contributed by atoms with Gasteiger partial charge in [0, 0.05) is 25.7 Å². The molecule has 2 fully saturated rings. The lowest BCUT2D eigenvalue weighted by Gasteiger charge is -2.31. The van der Waals surface area contributed by atoms with Gasteiger partial charge in [-0.05, 0) is 31.1 Å². The van der Waals surface area contributed by atoms with E-state index in [1.54, 1.807) is 0 Å². The Morgan fingerprint density at radius 1 is 1.43 bits per heavy atom. The molecule has 0 spiro atoms. The number of amidine groups is 1. The first-order chi connectivity index (χ1) is 6.70. The van der Waals surface area contributed by atoms with Crippen molar-refractivity contribution in [1.82, 2.24) is 0 Å². The van der Waals surface area contributed by atoms with Gasteiger partial charge >= 0.3 is 0 Å². The van der Waals surface area contributed by atoms with E-state index in [-0.39, 0.29) is 0 Å². The van der Waals surface area contributed by atoms with E-state index in [1.807, 2.05) is 0 Å². The molecule has 3 nitrogen and oxygen atoms in total. The quantitative estimate of drug-likeness (QED) is 0.550. The highest BCUT2D eigenvalue weighted by Gasteiger charge is 2.29. The molecule has 2 rings (SSSR count). The molecule has 1 heterocycles. The molecular weight excluding hydrogens is 176 g/mol. The maximum Gasteiger partial charge on any atom is 0.0968 e. The van der Waals surface area contributed by atoms with E-state index in [4.69, 9.17) is 10.5 Å². The van der Waals surface area contributed by atoms with Crippen molar-refractivity contribution in [2.75, 3.05) is 19.8 Å². The molecule has 80 valence electrons. The van der Waals surface area contributed by atoms with Crippen molar-refractivity contribution in [2.45, 2.75) is 32.6 Å². The van der Waals surface area contributed by atoms with Crippen LogP contribution in [-0.4, -0.2) is 25.6 Å². The summed E-state index contributed by atoms with van der Waals surface area (Å²) in [6.45, 7) is 4.95. The zero-order chi connectivity index (χ0) is 10.0. The van der Waals surface area contributed by atoms with Crippen LogP contribution in [0.2, 0.25) is 0 Å². The first kappa shape index (κ1) is 9.97. The van der Waals surface area contributed by atoms with E-state index in [0.29, 0.717) is 11.3 Å². The zero-order valence-corrected chi connectivity index (χ0v) is 8.96. The molecule has 0 aromatic heterocycles. The molecule has 3 heteroatoms. The fraction of sp³-hybridized carbons (Fsp3) is 0.909. The summed E-state index contributed by atoms with van der Waals surface area (Å²) in [6, 6.07) is 0. The summed E-state index contributed by atoms with van der Waals surface area (Å²) in [4.78, 5) is 4.52. The third-order valence-electron chi connectivity index (χ3n) is 3.34. The first-order valence-corrected chi connectivity index (χ1v) is 5.57. The molecule has 1 aliphatic heterocycles. The van der Waals surface area contributed by atoms with Crippen molar-refractivity contribution < 1.29 is 4.74 Å². The van der Waals surface area contributed by atoms with Crippen molar-refractivity contribution in [3.63, 3.8) is 0 Å². The number of nitrogens with two attached hydrogens (primary N) is 1. The summed E-state index contributed by atoms with van der Waals surface area (Å²) in [5, 5.41) is 0. The normalized spacial score (nSPS) is 27.6. The van der Waals surface area contributed by atoms with Crippen molar-refractivity contribution in [2.24, 2.45) is 22.1 Å². The van der Waals surface area contributed by atoms with Crippen LogP contribution >= 0.6 is 0 Å². The van der Waals surface area contributed by atoms with Crippen LogP contribution in [0, 0.1) is 11.3 Å². The zero-order valence-electron chi connectivity index (χ0n) is 8.96. The number of nitrogens with zero attached hydrogens (tertiary/aromatic N) is 1. The third kappa shape index (κ3) is 2.47. The SMILES string of the molecule is CC1(CN=C(N)C2CC2)CCOCC1. The summed E-state index contributed by atoms with van der Waals surface area (Å²) in [5.74, 6) is 1.50. The Morgan fingerprint density at radius 3 is 2.64 bits per heavy atom. The van der Waals surface area contributed by atoms with Gasteiger partial charge in [-0.2, -0.15) is 0 Å². The topological polar surface area (TPSA) is 47.6 Å². The number of hydrogen-bond donors (Lipinski definition) is 1. The Bertz CT molecular complexity index is 227. The molecule has 2 N–H and O–H groups in total. The second kappa shape index (κ2) is 3.89. The number of aliphatic imine (C=N–C) groups is 1. The highest BCUT2D eigenvalue weighted by Crippen LogP contribution is 2.32. The van der Waals surface area contributed by atoms with E-state index < -0.39 is 0 Å². The smallest absolute Gasteiger partial charge is 0.0968 e. The van der Waals surface area contributed by atoms with E-state index in [0.717, 1.165) is 38.4 Å². The molecule has 0 atom stereocenters. The predicted molar refractivity (Wildman–Crippen MR) is 57.4 cm³/mol. The van der Waals surface area contributed by atoms with Gasteiger partial charge in [0.1, 0.15) is 0 Å². The van der Waals surface area contributed by atoms with E-state index in [1.165, 1.54) is 12.8 Å². The lowest BCUT2D eigenvalue weighted by atomic mass is 9.82. The number of hydrogen-bond acceptors (Lipinski definition) is 2. The molecule has 14 heavy (non-hydrogen) atoms. The third-order valence-corrected chi connectivity index (χ3v) is 3.34. The molecule has 0 unspecified atom stereocenters. The van der Waals surface area contributed by atoms with E-state index in [2.05, 4.69) is 11.9 Å². The standard InChI is InChI=1S/C11H20N2O/c1-11(4-6-14-7-5-11)8-13-10(12)9-2-3-9/h9H,2-8H2,1H3,(H2,12,13). The molecule has 1 saturated heterocycles.